The zero-order chi connectivity index (χ0) is 22.4. The number of carboxylic acid groups (broad SMARTS) is 1. The molecule has 0 aromatic heterocycles. The van der Waals surface area contributed by atoms with E-state index in [0.717, 1.165) is 38.9 Å². The minimum absolute atomic E-state index is 0.00553. The number of hydrogen-bond donors (Lipinski definition) is 5. The third kappa shape index (κ3) is 6.35. The van der Waals surface area contributed by atoms with Crippen LogP contribution in [0.3, 0.4) is 0 Å². The van der Waals surface area contributed by atoms with Crippen molar-refractivity contribution in [2.45, 2.75) is 38.0 Å². The normalized spacial score (nSPS) is 19.3. The van der Waals surface area contributed by atoms with Gasteiger partial charge in [0, 0.05) is 13.0 Å². The molecule has 168 valence electrons. The summed E-state index contributed by atoms with van der Waals surface area (Å²) in [6.45, 7) is 3.35. The number of fused-ring (bicyclic) bond motifs is 1. The molecular formula is C20H30BN5O5. The standard InChI is InChI=1S/C20H30BN5O5/c22-20(23)24-8-11-26-9-6-13(7-10-26)4-5-17(27)25-16-12-14-2-1-3-15(19(28)29)18(14)31-21(16)30/h1-3,13,16,30H,4-12H2,(H,25,27)(H,28,29)(H4,22,23,24). The SMILES string of the molecule is NC(N)=NCCN1CCC(CCC(=O)NC2Cc3cccc(C(=O)O)c3OB2O)CC1. The molecule has 10 nitrogen and oxygen atoms in total. The maximum Gasteiger partial charge on any atom is 0.547 e. The lowest BCUT2D eigenvalue weighted by Crippen LogP contribution is -2.53. The van der Waals surface area contributed by atoms with Crippen LogP contribution in [0.4, 0.5) is 0 Å². The van der Waals surface area contributed by atoms with Crippen molar-refractivity contribution in [3.8, 4) is 5.75 Å². The van der Waals surface area contributed by atoms with Gasteiger partial charge in [-0.3, -0.25) is 9.79 Å². The molecule has 1 aromatic rings. The molecule has 1 atom stereocenters. The van der Waals surface area contributed by atoms with Crippen LogP contribution in [0.25, 0.3) is 0 Å². The Kier molecular flexibility index (Phi) is 7.75. The van der Waals surface area contributed by atoms with E-state index in [1.807, 2.05) is 0 Å². The summed E-state index contributed by atoms with van der Waals surface area (Å²) < 4.78 is 5.42. The maximum atomic E-state index is 12.4. The van der Waals surface area contributed by atoms with Crippen LogP contribution in [0.15, 0.2) is 23.2 Å². The molecule has 2 heterocycles. The van der Waals surface area contributed by atoms with E-state index in [9.17, 15) is 19.7 Å². The van der Waals surface area contributed by atoms with Gasteiger partial charge in [-0.2, -0.15) is 0 Å². The molecule has 3 rings (SSSR count). The van der Waals surface area contributed by atoms with Gasteiger partial charge in [0.1, 0.15) is 5.75 Å². The van der Waals surface area contributed by atoms with Crippen LogP contribution >= 0.6 is 0 Å². The Labute approximate surface area is 181 Å². The summed E-state index contributed by atoms with van der Waals surface area (Å²) in [6.07, 6.45) is 3.53. The Morgan fingerprint density at radius 2 is 2.03 bits per heavy atom. The Morgan fingerprint density at radius 1 is 1.29 bits per heavy atom. The number of rotatable bonds is 8. The number of carbonyl (C=O) groups excluding carboxylic acids is 1. The number of carbonyl (C=O) groups is 2. The first-order valence-electron chi connectivity index (χ1n) is 10.6. The number of para-hydroxylation sites is 1. The molecule has 1 amide bonds. The number of nitrogens with zero attached hydrogens (tertiary/aromatic N) is 2. The van der Waals surface area contributed by atoms with Crippen molar-refractivity contribution in [1.82, 2.24) is 10.2 Å². The minimum atomic E-state index is -1.29. The van der Waals surface area contributed by atoms with Crippen molar-refractivity contribution in [2.24, 2.45) is 22.4 Å². The predicted octanol–water partition coefficient (Wildman–Crippen LogP) is -0.410. The van der Waals surface area contributed by atoms with Crippen molar-refractivity contribution >= 4 is 25.0 Å². The molecule has 1 saturated heterocycles. The van der Waals surface area contributed by atoms with Gasteiger partial charge in [0.05, 0.1) is 18.0 Å². The number of likely N-dealkylation sites (tertiary alicyclic amines) is 1. The second kappa shape index (κ2) is 10.5. The summed E-state index contributed by atoms with van der Waals surface area (Å²) in [7, 11) is -1.29. The van der Waals surface area contributed by atoms with E-state index in [1.54, 1.807) is 12.1 Å². The molecule has 31 heavy (non-hydrogen) atoms. The fourth-order valence-electron chi connectivity index (χ4n) is 4.15. The summed E-state index contributed by atoms with van der Waals surface area (Å²) in [5.74, 6) is -1.10. The number of carboxylic acids is 1. The molecular weight excluding hydrogens is 401 g/mol. The number of nitrogens with one attached hydrogen (secondary N) is 1. The summed E-state index contributed by atoms with van der Waals surface area (Å²) in [4.78, 5) is 30.1. The Morgan fingerprint density at radius 3 is 2.71 bits per heavy atom. The third-order valence-corrected chi connectivity index (χ3v) is 5.89. The lowest BCUT2D eigenvalue weighted by molar-refractivity contribution is -0.121. The van der Waals surface area contributed by atoms with Gasteiger partial charge in [-0.05, 0) is 56.3 Å². The quantitative estimate of drug-likeness (QED) is 0.211. The van der Waals surface area contributed by atoms with Gasteiger partial charge in [0.15, 0.2) is 5.96 Å². The lowest BCUT2D eigenvalue weighted by Gasteiger charge is -2.32. The first-order valence-corrected chi connectivity index (χ1v) is 10.6. The monoisotopic (exact) mass is 431 g/mol. The zero-order valence-electron chi connectivity index (χ0n) is 17.5. The third-order valence-electron chi connectivity index (χ3n) is 5.89. The molecule has 0 saturated carbocycles. The van der Waals surface area contributed by atoms with Gasteiger partial charge in [0.2, 0.25) is 5.91 Å². The Hall–Kier alpha value is -2.79. The number of aliphatic imine (C=N–C) groups is 1. The fourth-order valence-corrected chi connectivity index (χ4v) is 4.15. The number of benzene rings is 1. The second-order valence-corrected chi connectivity index (χ2v) is 8.12. The van der Waals surface area contributed by atoms with Crippen LogP contribution in [0, 0.1) is 5.92 Å². The number of piperidine rings is 1. The lowest BCUT2D eigenvalue weighted by atomic mass is 9.72. The first-order chi connectivity index (χ1) is 14.8. The number of aromatic carboxylic acids is 1. The van der Waals surface area contributed by atoms with E-state index in [0.29, 0.717) is 30.9 Å². The largest absolute Gasteiger partial charge is 0.547 e. The zero-order valence-corrected chi connectivity index (χ0v) is 17.5. The highest BCUT2D eigenvalue weighted by atomic mass is 16.5. The molecule has 1 aromatic carbocycles. The van der Waals surface area contributed by atoms with Crippen LogP contribution in [0.2, 0.25) is 0 Å². The van der Waals surface area contributed by atoms with Crippen molar-refractivity contribution < 1.29 is 24.4 Å². The molecule has 2 aliphatic rings. The summed E-state index contributed by atoms with van der Waals surface area (Å²) in [5, 5.41) is 22.4. The molecule has 0 aliphatic carbocycles. The van der Waals surface area contributed by atoms with Gasteiger partial charge in [0.25, 0.3) is 0 Å². The Bertz CT molecular complexity index is 824. The van der Waals surface area contributed by atoms with E-state index in [-0.39, 0.29) is 23.2 Å². The van der Waals surface area contributed by atoms with Crippen LogP contribution in [0.5, 0.6) is 5.75 Å². The van der Waals surface area contributed by atoms with E-state index in [4.69, 9.17) is 16.1 Å². The van der Waals surface area contributed by atoms with Crippen LogP contribution in [-0.2, 0) is 11.2 Å². The number of nitrogens with two attached hydrogens (primary N) is 2. The average Bonchev–Trinajstić information content (AvgIpc) is 2.73. The molecule has 0 spiro atoms. The first kappa shape index (κ1) is 22.9. The van der Waals surface area contributed by atoms with Crippen molar-refractivity contribution in [1.29, 1.82) is 0 Å². The molecule has 1 fully saturated rings. The van der Waals surface area contributed by atoms with Gasteiger partial charge < -0.3 is 36.5 Å². The molecule has 1 unspecified atom stereocenters. The topological polar surface area (TPSA) is 163 Å². The van der Waals surface area contributed by atoms with Crippen molar-refractivity contribution in [2.75, 3.05) is 26.2 Å². The second-order valence-electron chi connectivity index (χ2n) is 8.12. The van der Waals surface area contributed by atoms with E-state index < -0.39 is 19.0 Å². The fraction of sp³-hybridized carbons (Fsp3) is 0.550. The number of amides is 1. The molecule has 0 bridgehead atoms. The highest BCUT2D eigenvalue weighted by molar-refractivity contribution is 6.47. The van der Waals surface area contributed by atoms with Crippen LogP contribution < -0.4 is 21.4 Å². The van der Waals surface area contributed by atoms with E-state index in [2.05, 4.69) is 15.2 Å². The maximum absolute atomic E-state index is 12.4. The number of hydrogen-bond acceptors (Lipinski definition) is 6. The van der Waals surface area contributed by atoms with Crippen LogP contribution in [-0.4, -0.2) is 72.1 Å². The summed E-state index contributed by atoms with van der Waals surface area (Å²) >= 11 is 0. The number of guanidine groups is 1. The smallest absolute Gasteiger partial charge is 0.534 e. The van der Waals surface area contributed by atoms with Gasteiger partial charge in [-0.25, -0.2) is 4.79 Å². The highest BCUT2D eigenvalue weighted by Gasteiger charge is 2.37. The van der Waals surface area contributed by atoms with Crippen LogP contribution in [0.1, 0.15) is 41.6 Å². The molecule has 2 aliphatic heterocycles. The van der Waals surface area contributed by atoms with Gasteiger partial charge in [-0.1, -0.05) is 12.1 Å². The average molecular weight is 431 g/mol. The van der Waals surface area contributed by atoms with E-state index in [1.165, 1.54) is 6.07 Å². The minimum Gasteiger partial charge on any atom is -0.534 e. The molecule has 7 N–H and O–H groups in total. The van der Waals surface area contributed by atoms with Crippen molar-refractivity contribution in [3.05, 3.63) is 29.3 Å². The molecule has 11 heteroatoms. The van der Waals surface area contributed by atoms with Gasteiger partial charge in [-0.15, -0.1) is 0 Å². The van der Waals surface area contributed by atoms with Gasteiger partial charge >= 0.3 is 13.1 Å². The molecule has 0 radical (unpaired) electrons. The van der Waals surface area contributed by atoms with E-state index >= 15 is 0 Å². The predicted molar refractivity (Wildman–Crippen MR) is 117 cm³/mol. The highest BCUT2D eigenvalue weighted by Crippen LogP contribution is 2.30. The van der Waals surface area contributed by atoms with Crippen molar-refractivity contribution in [3.63, 3.8) is 0 Å². The Balaban J connectivity index is 1.42. The summed E-state index contributed by atoms with van der Waals surface area (Å²) in [6, 6.07) is 4.80. The summed E-state index contributed by atoms with van der Waals surface area (Å²) in [5.41, 5.74) is 11.3.